The van der Waals surface area contributed by atoms with Crippen LogP contribution in [0.15, 0.2) is 30.3 Å². The van der Waals surface area contributed by atoms with Gasteiger partial charge in [-0.1, -0.05) is 44.2 Å². The Morgan fingerprint density at radius 2 is 1.86 bits per heavy atom. The average Bonchev–Trinajstić information content (AvgIpc) is 2.98. The molecule has 1 aromatic rings. The van der Waals surface area contributed by atoms with Gasteiger partial charge in [-0.15, -0.1) is 0 Å². The molecule has 0 saturated carbocycles. The lowest BCUT2D eigenvalue weighted by Crippen LogP contribution is -2.43. The van der Waals surface area contributed by atoms with Crippen LogP contribution in [-0.2, 0) is 11.2 Å². The van der Waals surface area contributed by atoms with Gasteiger partial charge in [0.15, 0.2) is 0 Å². The maximum absolute atomic E-state index is 12.1. The van der Waals surface area contributed by atoms with Gasteiger partial charge >= 0.3 is 0 Å². The molecule has 116 valence electrons. The van der Waals surface area contributed by atoms with E-state index in [1.54, 1.807) is 0 Å². The second-order valence-corrected chi connectivity index (χ2v) is 6.49. The van der Waals surface area contributed by atoms with Crippen molar-refractivity contribution in [2.45, 2.75) is 45.6 Å². The van der Waals surface area contributed by atoms with Crippen LogP contribution in [-0.4, -0.2) is 36.5 Å². The lowest BCUT2D eigenvalue weighted by Gasteiger charge is -2.29. The normalized spacial score (nSPS) is 17.1. The summed E-state index contributed by atoms with van der Waals surface area (Å²) < 4.78 is 0. The van der Waals surface area contributed by atoms with Gasteiger partial charge in [-0.2, -0.15) is 0 Å². The molecular weight excluding hydrogens is 260 g/mol. The van der Waals surface area contributed by atoms with E-state index in [-0.39, 0.29) is 5.91 Å². The average molecular weight is 288 g/mol. The molecule has 3 nitrogen and oxygen atoms in total. The van der Waals surface area contributed by atoms with Crippen molar-refractivity contribution in [1.82, 2.24) is 10.2 Å². The third-order valence-electron chi connectivity index (χ3n) is 4.14. The predicted molar refractivity (Wildman–Crippen MR) is 87.2 cm³/mol. The van der Waals surface area contributed by atoms with Crippen molar-refractivity contribution in [1.29, 1.82) is 0 Å². The van der Waals surface area contributed by atoms with Crippen LogP contribution < -0.4 is 5.32 Å². The molecule has 1 aromatic carbocycles. The minimum atomic E-state index is 0.133. The van der Waals surface area contributed by atoms with E-state index in [0.717, 1.165) is 18.5 Å². The van der Waals surface area contributed by atoms with Gasteiger partial charge in [0.05, 0.1) is 6.42 Å². The molecule has 0 aliphatic carbocycles. The Hall–Kier alpha value is -1.35. The number of hydrogen-bond donors (Lipinski definition) is 1. The molecule has 1 atom stereocenters. The Morgan fingerprint density at radius 1 is 1.19 bits per heavy atom. The van der Waals surface area contributed by atoms with Gasteiger partial charge in [0.25, 0.3) is 0 Å². The molecular formula is C18H28N2O. The molecule has 0 aromatic heterocycles. The van der Waals surface area contributed by atoms with Crippen molar-refractivity contribution in [3.63, 3.8) is 0 Å². The van der Waals surface area contributed by atoms with E-state index in [9.17, 15) is 4.79 Å². The van der Waals surface area contributed by atoms with E-state index in [1.807, 2.05) is 30.3 Å². The van der Waals surface area contributed by atoms with E-state index >= 15 is 0 Å². The van der Waals surface area contributed by atoms with Crippen LogP contribution in [0.4, 0.5) is 0 Å². The summed E-state index contributed by atoms with van der Waals surface area (Å²) in [6.07, 6.45) is 4.24. The molecule has 1 fully saturated rings. The lowest BCUT2D eigenvalue weighted by atomic mass is 10.0. The number of amides is 1. The molecule has 1 unspecified atom stereocenters. The highest BCUT2D eigenvalue weighted by molar-refractivity contribution is 5.78. The molecule has 1 N–H and O–H groups in total. The van der Waals surface area contributed by atoms with Gasteiger partial charge in [-0.05, 0) is 43.8 Å². The first-order valence-electron chi connectivity index (χ1n) is 8.20. The summed E-state index contributed by atoms with van der Waals surface area (Å²) in [4.78, 5) is 14.6. The smallest absolute Gasteiger partial charge is 0.224 e. The fourth-order valence-corrected chi connectivity index (χ4v) is 3.09. The number of likely N-dealkylation sites (tertiary alicyclic amines) is 1. The third kappa shape index (κ3) is 5.50. The van der Waals surface area contributed by atoms with E-state index in [0.29, 0.717) is 18.4 Å². The van der Waals surface area contributed by atoms with Gasteiger partial charge in [0.1, 0.15) is 0 Å². The van der Waals surface area contributed by atoms with Crippen LogP contribution in [0.2, 0.25) is 0 Å². The summed E-state index contributed by atoms with van der Waals surface area (Å²) in [5, 5.41) is 3.13. The van der Waals surface area contributed by atoms with Gasteiger partial charge in [0, 0.05) is 12.6 Å². The molecule has 2 rings (SSSR count). The van der Waals surface area contributed by atoms with E-state index in [1.165, 1.54) is 25.9 Å². The summed E-state index contributed by atoms with van der Waals surface area (Å²) >= 11 is 0. The van der Waals surface area contributed by atoms with Crippen molar-refractivity contribution in [3.05, 3.63) is 35.9 Å². The first-order valence-corrected chi connectivity index (χ1v) is 8.20. The Morgan fingerprint density at radius 3 is 2.48 bits per heavy atom. The van der Waals surface area contributed by atoms with E-state index in [4.69, 9.17) is 0 Å². The Kier molecular flexibility index (Phi) is 6.24. The SMILES string of the molecule is CC(C)CC(CNC(=O)Cc1ccccc1)N1CCCC1. The van der Waals surface area contributed by atoms with Crippen LogP contribution in [0.1, 0.15) is 38.7 Å². The van der Waals surface area contributed by atoms with Crippen LogP contribution >= 0.6 is 0 Å². The quantitative estimate of drug-likeness (QED) is 0.837. The van der Waals surface area contributed by atoms with Crippen LogP contribution in [0.5, 0.6) is 0 Å². The van der Waals surface area contributed by atoms with Gasteiger partial charge in [-0.3, -0.25) is 9.69 Å². The van der Waals surface area contributed by atoms with Crippen LogP contribution in [0.25, 0.3) is 0 Å². The van der Waals surface area contributed by atoms with Crippen molar-refractivity contribution < 1.29 is 4.79 Å². The summed E-state index contributed by atoms with van der Waals surface area (Å²) in [6, 6.07) is 10.4. The zero-order valence-electron chi connectivity index (χ0n) is 13.3. The molecule has 0 bridgehead atoms. The molecule has 1 saturated heterocycles. The standard InChI is InChI=1S/C18H28N2O/c1-15(2)12-17(20-10-6-7-11-20)14-19-18(21)13-16-8-4-3-5-9-16/h3-5,8-9,15,17H,6-7,10-14H2,1-2H3,(H,19,21). The zero-order chi connectivity index (χ0) is 15.1. The number of hydrogen-bond acceptors (Lipinski definition) is 2. The monoisotopic (exact) mass is 288 g/mol. The number of nitrogens with one attached hydrogen (secondary N) is 1. The third-order valence-corrected chi connectivity index (χ3v) is 4.14. The van der Waals surface area contributed by atoms with E-state index < -0.39 is 0 Å². The molecule has 1 aliphatic heterocycles. The Balaban J connectivity index is 1.81. The van der Waals surface area contributed by atoms with Crippen molar-refractivity contribution in [2.75, 3.05) is 19.6 Å². The Labute approximate surface area is 128 Å². The summed E-state index contributed by atoms with van der Waals surface area (Å²) in [5.74, 6) is 0.802. The minimum Gasteiger partial charge on any atom is -0.354 e. The van der Waals surface area contributed by atoms with E-state index in [2.05, 4.69) is 24.1 Å². The summed E-state index contributed by atoms with van der Waals surface area (Å²) in [6.45, 7) is 7.67. The molecule has 1 aliphatic rings. The fourth-order valence-electron chi connectivity index (χ4n) is 3.09. The number of benzene rings is 1. The van der Waals surface area contributed by atoms with Crippen molar-refractivity contribution in [3.8, 4) is 0 Å². The number of nitrogens with zero attached hydrogens (tertiary/aromatic N) is 1. The Bertz CT molecular complexity index is 424. The van der Waals surface area contributed by atoms with Crippen molar-refractivity contribution in [2.24, 2.45) is 5.92 Å². The summed E-state index contributed by atoms with van der Waals surface area (Å²) in [7, 11) is 0. The fraction of sp³-hybridized carbons (Fsp3) is 0.611. The van der Waals surface area contributed by atoms with Crippen molar-refractivity contribution >= 4 is 5.91 Å². The molecule has 3 heteroatoms. The molecule has 0 spiro atoms. The zero-order valence-corrected chi connectivity index (χ0v) is 13.3. The first kappa shape index (κ1) is 16.0. The van der Waals surface area contributed by atoms with Gasteiger partial charge in [-0.25, -0.2) is 0 Å². The lowest BCUT2D eigenvalue weighted by molar-refractivity contribution is -0.120. The second-order valence-electron chi connectivity index (χ2n) is 6.49. The van der Waals surface area contributed by atoms with Gasteiger partial charge < -0.3 is 5.32 Å². The number of rotatable bonds is 7. The van der Waals surface area contributed by atoms with Crippen LogP contribution in [0, 0.1) is 5.92 Å². The molecule has 0 radical (unpaired) electrons. The predicted octanol–water partition coefficient (Wildman–Crippen LogP) is 2.86. The number of carbonyl (C=O) groups is 1. The highest BCUT2D eigenvalue weighted by Gasteiger charge is 2.23. The highest BCUT2D eigenvalue weighted by Crippen LogP contribution is 2.17. The molecule has 1 heterocycles. The van der Waals surface area contributed by atoms with Gasteiger partial charge in [0.2, 0.25) is 5.91 Å². The second kappa shape index (κ2) is 8.18. The molecule has 21 heavy (non-hydrogen) atoms. The number of carbonyl (C=O) groups excluding carboxylic acids is 1. The largest absolute Gasteiger partial charge is 0.354 e. The first-order chi connectivity index (χ1) is 10.1. The highest BCUT2D eigenvalue weighted by atomic mass is 16.1. The summed E-state index contributed by atoms with van der Waals surface area (Å²) in [5.41, 5.74) is 1.08. The minimum absolute atomic E-state index is 0.133. The maximum Gasteiger partial charge on any atom is 0.224 e. The van der Waals surface area contributed by atoms with Crippen LogP contribution in [0.3, 0.4) is 0 Å². The topological polar surface area (TPSA) is 32.3 Å². The maximum atomic E-state index is 12.1. The molecule has 1 amide bonds.